The molecule has 0 saturated heterocycles. The quantitative estimate of drug-likeness (QED) is 0.785. The molecule has 1 N–H and O–H groups in total. The summed E-state index contributed by atoms with van der Waals surface area (Å²) in [4.78, 5) is 4.42. The van der Waals surface area contributed by atoms with Crippen LogP contribution in [0.1, 0.15) is 22.5 Å². The lowest BCUT2D eigenvalue weighted by Crippen LogP contribution is -2.09. The van der Waals surface area contributed by atoms with E-state index in [9.17, 15) is 13.2 Å². The van der Waals surface area contributed by atoms with Crippen LogP contribution in [0.5, 0.6) is 0 Å². The standard InChI is InChI=1S/C17H13F3N4/c1-11-3-2-4-16-23-14(10-24(11)16)9-22-13-6-5-12(8-21)15(7-13)17(18,19)20/h2-7,10,22H,9H2,1H3. The van der Waals surface area contributed by atoms with Crippen molar-refractivity contribution in [1.29, 1.82) is 5.26 Å². The second kappa shape index (κ2) is 5.89. The van der Waals surface area contributed by atoms with E-state index in [1.54, 1.807) is 6.07 Å². The Kier molecular flexibility index (Phi) is 3.89. The van der Waals surface area contributed by atoms with E-state index in [2.05, 4.69) is 10.3 Å². The molecule has 0 bridgehead atoms. The lowest BCUT2D eigenvalue weighted by molar-refractivity contribution is -0.137. The highest BCUT2D eigenvalue weighted by atomic mass is 19.4. The molecule has 3 aromatic rings. The third-order valence-corrected chi connectivity index (χ3v) is 3.66. The van der Waals surface area contributed by atoms with E-state index in [-0.39, 0.29) is 12.2 Å². The number of nitrogens with zero attached hydrogens (tertiary/aromatic N) is 3. The van der Waals surface area contributed by atoms with Crippen molar-refractivity contribution in [2.75, 3.05) is 5.32 Å². The molecule has 0 aliphatic carbocycles. The van der Waals surface area contributed by atoms with Gasteiger partial charge in [0.05, 0.1) is 29.4 Å². The van der Waals surface area contributed by atoms with E-state index in [4.69, 9.17) is 5.26 Å². The second-order valence-corrected chi connectivity index (χ2v) is 5.35. The Balaban J connectivity index is 1.83. The molecule has 1 aromatic carbocycles. The third-order valence-electron chi connectivity index (χ3n) is 3.66. The van der Waals surface area contributed by atoms with Crippen LogP contribution in [-0.2, 0) is 12.7 Å². The monoisotopic (exact) mass is 330 g/mol. The van der Waals surface area contributed by atoms with Crippen LogP contribution in [0, 0.1) is 18.3 Å². The molecule has 2 heterocycles. The van der Waals surface area contributed by atoms with Crippen LogP contribution in [0.4, 0.5) is 18.9 Å². The summed E-state index contributed by atoms with van der Waals surface area (Å²) in [6.07, 6.45) is -2.73. The summed E-state index contributed by atoms with van der Waals surface area (Å²) in [5, 5.41) is 11.7. The van der Waals surface area contributed by atoms with Gasteiger partial charge in [-0.25, -0.2) is 4.98 Å². The largest absolute Gasteiger partial charge is 0.417 e. The van der Waals surface area contributed by atoms with Crippen molar-refractivity contribution >= 4 is 11.3 Å². The van der Waals surface area contributed by atoms with Crippen LogP contribution in [0.25, 0.3) is 5.65 Å². The molecule has 3 rings (SSSR count). The summed E-state index contributed by atoms with van der Waals surface area (Å²) in [7, 11) is 0. The number of hydrogen-bond acceptors (Lipinski definition) is 3. The van der Waals surface area contributed by atoms with Crippen LogP contribution in [0.15, 0.2) is 42.6 Å². The van der Waals surface area contributed by atoms with Gasteiger partial charge in [-0.1, -0.05) is 6.07 Å². The van der Waals surface area contributed by atoms with Crippen LogP contribution in [-0.4, -0.2) is 9.38 Å². The molecule has 0 aliphatic rings. The highest BCUT2D eigenvalue weighted by Crippen LogP contribution is 2.33. The number of fused-ring (bicyclic) bond motifs is 1. The first-order valence-electron chi connectivity index (χ1n) is 7.17. The molecule has 122 valence electrons. The maximum absolute atomic E-state index is 13.0. The lowest BCUT2D eigenvalue weighted by atomic mass is 10.1. The van der Waals surface area contributed by atoms with Gasteiger partial charge in [-0.3, -0.25) is 0 Å². The topological polar surface area (TPSA) is 53.1 Å². The van der Waals surface area contributed by atoms with E-state index < -0.39 is 17.3 Å². The first-order chi connectivity index (χ1) is 11.4. The first kappa shape index (κ1) is 15.9. The molecular formula is C17H13F3N4. The number of halogens is 3. The van der Waals surface area contributed by atoms with Crippen molar-refractivity contribution in [2.45, 2.75) is 19.6 Å². The number of imidazole rings is 1. The molecule has 0 atom stereocenters. The zero-order valence-corrected chi connectivity index (χ0v) is 12.7. The summed E-state index contributed by atoms with van der Waals surface area (Å²) in [5.74, 6) is 0. The van der Waals surface area contributed by atoms with Gasteiger partial charge in [0.2, 0.25) is 0 Å². The summed E-state index contributed by atoms with van der Waals surface area (Å²) in [6, 6.07) is 10.8. The molecule has 2 aromatic heterocycles. The minimum absolute atomic E-state index is 0.282. The Morgan fingerprint density at radius 2 is 2.04 bits per heavy atom. The van der Waals surface area contributed by atoms with Crippen molar-refractivity contribution in [1.82, 2.24) is 9.38 Å². The minimum atomic E-state index is -4.57. The Morgan fingerprint density at radius 3 is 2.71 bits per heavy atom. The first-order valence-corrected chi connectivity index (χ1v) is 7.17. The van der Waals surface area contributed by atoms with Crippen molar-refractivity contribution < 1.29 is 13.2 Å². The maximum atomic E-state index is 13.0. The molecule has 0 spiro atoms. The van der Waals surface area contributed by atoms with Gasteiger partial charge in [-0.15, -0.1) is 0 Å². The Bertz CT molecular complexity index is 935. The van der Waals surface area contributed by atoms with Gasteiger partial charge < -0.3 is 9.72 Å². The van der Waals surface area contributed by atoms with Crippen LogP contribution < -0.4 is 5.32 Å². The average Bonchev–Trinajstić information content (AvgIpc) is 2.96. The average molecular weight is 330 g/mol. The number of alkyl halides is 3. The number of aromatic nitrogens is 2. The summed E-state index contributed by atoms with van der Waals surface area (Å²) >= 11 is 0. The Hall–Kier alpha value is -3.01. The van der Waals surface area contributed by atoms with Gasteiger partial charge in [-0.05, 0) is 37.3 Å². The molecule has 7 heteroatoms. The van der Waals surface area contributed by atoms with Crippen LogP contribution in [0.2, 0.25) is 0 Å². The number of nitriles is 1. The molecule has 0 aliphatic heterocycles. The van der Waals surface area contributed by atoms with Crippen molar-refractivity contribution in [2.24, 2.45) is 0 Å². The summed E-state index contributed by atoms with van der Waals surface area (Å²) < 4.78 is 40.8. The van der Waals surface area contributed by atoms with Crippen molar-refractivity contribution in [3.05, 3.63) is 65.1 Å². The van der Waals surface area contributed by atoms with Gasteiger partial charge in [0.25, 0.3) is 0 Å². The molecule has 4 nitrogen and oxygen atoms in total. The fourth-order valence-corrected chi connectivity index (χ4v) is 2.46. The smallest absolute Gasteiger partial charge is 0.379 e. The molecule has 0 fully saturated rings. The number of anilines is 1. The number of benzene rings is 1. The molecule has 0 unspecified atom stereocenters. The van der Waals surface area contributed by atoms with Crippen LogP contribution in [0.3, 0.4) is 0 Å². The molecule has 0 radical (unpaired) electrons. The fraction of sp³-hybridized carbons (Fsp3) is 0.176. The fourth-order valence-electron chi connectivity index (χ4n) is 2.46. The van der Waals surface area contributed by atoms with E-state index in [0.717, 1.165) is 17.4 Å². The number of hydrogen-bond donors (Lipinski definition) is 1. The Labute approximate surface area is 136 Å². The summed E-state index contributed by atoms with van der Waals surface area (Å²) in [5.41, 5.74) is 1.46. The van der Waals surface area contributed by atoms with E-state index in [0.29, 0.717) is 5.69 Å². The number of nitrogens with one attached hydrogen (secondary N) is 1. The predicted molar refractivity (Wildman–Crippen MR) is 83.4 cm³/mol. The highest BCUT2D eigenvalue weighted by Gasteiger charge is 2.33. The molecular weight excluding hydrogens is 317 g/mol. The molecule has 0 amide bonds. The SMILES string of the molecule is Cc1cccc2nc(CNc3ccc(C#N)c(C(F)(F)F)c3)cn12. The molecule has 0 saturated carbocycles. The van der Waals surface area contributed by atoms with Crippen molar-refractivity contribution in [3.8, 4) is 6.07 Å². The van der Waals surface area contributed by atoms with Gasteiger partial charge in [0, 0.05) is 17.6 Å². The number of rotatable bonds is 3. The minimum Gasteiger partial charge on any atom is -0.379 e. The van der Waals surface area contributed by atoms with Gasteiger partial charge in [0.15, 0.2) is 0 Å². The highest BCUT2D eigenvalue weighted by molar-refractivity contribution is 5.53. The van der Waals surface area contributed by atoms with Crippen molar-refractivity contribution in [3.63, 3.8) is 0 Å². The summed E-state index contributed by atoms with van der Waals surface area (Å²) in [6.45, 7) is 2.23. The predicted octanol–water partition coefficient (Wildman–Crippen LogP) is 4.15. The van der Waals surface area contributed by atoms with E-state index >= 15 is 0 Å². The van der Waals surface area contributed by atoms with Gasteiger partial charge in [-0.2, -0.15) is 18.4 Å². The maximum Gasteiger partial charge on any atom is 0.417 e. The van der Waals surface area contributed by atoms with Gasteiger partial charge >= 0.3 is 6.18 Å². The van der Waals surface area contributed by atoms with E-state index in [1.807, 2.05) is 35.7 Å². The Morgan fingerprint density at radius 1 is 1.25 bits per heavy atom. The van der Waals surface area contributed by atoms with E-state index in [1.165, 1.54) is 12.1 Å². The zero-order valence-electron chi connectivity index (χ0n) is 12.7. The lowest BCUT2D eigenvalue weighted by Gasteiger charge is -2.11. The van der Waals surface area contributed by atoms with Crippen LogP contribution >= 0.6 is 0 Å². The number of aryl methyl sites for hydroxylation is 1. The number of pyridine rings is 1. The third kappa shape index (κ3) is 3.04. The zero-order chi connectivity index (χ0) is 17.3. The molecule has 24 heavy (non-hydrogen) atoms. The second-order valence-electron chi connectivity index (χ2n) is 5.35. The van der Waals surface area contributed by atoms with Gasteiger partial charge in [0.1, 0.15) is 5.65 Å². The normalized spacial score (nSPS) is 11.5.